The third-order valence-electron chi connectivity index (χ3n) is 3.09. The van der Waals surface area contributed by atoms with Crippen LogP contribution in [-0.2, 0) is 0 Å². The first-order valence-electron chi connectivity index (χ1n) is 6.42. The molecule has 0 saturated heterocycles. The molecule has 106 valence electrons. The molecular weight excluding hydrogens is 321 g/mol. The van der Waals surface area contributed by atoms with E-state index in [0.29, 0.717) is 5.75 Å². The summed E-state index contributed by atoms with van der Waals surface area (Å²) in [7, 11) is 0. The average molecular weight is 338 g/mol. The Morgan fingerprint density at radius 1 is 1.20 bits per heavy atom. The largest absolute Gasteiger partial charge is 0.484 e. The maximum Gasteiger partial charge on any atom is 0.140 e. The van der Waals surface area contributed by atoms with Crippen molar-refractivity contribution in [1.29, 1.82) is 0 Å². The highest BCUT2D eigenvalue weighted by Gasteiger charge is 2.21. The van der Waals surface area contributed by atoms with Gasteiger partial charge in [0.25, 0.3) is 0 Å². The molecule has 2 nitrogen and oxygen atoms in total. The maximum atomic E-state index is 13.4. The van der Waals surface area contributed by atoms with Crippen LogP contribution in [0.2, 0.25) is 0 Å². The van der Waals surface area contributed by atoms with E-state index in [4.69, 9.17) is 10.5 Å². The Bertz CT molecular complexity index is 601. The number of rotatable bonds is 4. The van der Waals surface area contributed by atoms with Crippen molar-refractivity contribution in [2.24, 2.45) is 5.73 Å². The molecule has 0 radical (unpaired) electrons. The van der Waals surface area contributed by atoms with Crippen LogP contribution >= 0.6 is 15.9 Å². The van der Waals surface area contributed by atoms with E-state index in [1.54, 1.807) is 6.07 Å². The molecule has 2 unspecified atom stereocenters. The quantitative estimate of drug-likeness (QED) is 0.899. The smallest absolute Gasteiger partial charge is 0.140 e. The number of hydrogen-bond donors (Lipinski definition) is 1. The lowest BCUT2D eigenvalue weighted by Gasteiger charge is -2.25. The van der Waals surface area contributed by atoms with Crippen LogP contribution in [0, 0.1) is 12.7 Å². The Labute approximate surface area is 126 Å². The molecule has 2 N–H and O–H groups in total. The zero-order valence-corrected chi connectivity index (χ0v) is 13.0. The highest BCUT2D eigenvalue weighted by Crippen LogP contribution is 2.31. The first-order chi connectivity index (χ1) is 9.49. The lowest BCUT2D eigenvalue weighted by Crippen LogP contribution is -2.29. The number of aryl methyl sites for hydroxylation is 1. The summed E-state index contributed by atoms with van der Waals surface area (Å²) in [5.74, 6) is 0.198. The second-order valence-electron chi connectivity index (χ2n) is 4.83. The van der Waals surface area contributed by atoms with Gasteiger partial charge in [-0.05, 0) is 31.5 Å². The molecule has 0 aliphatic heterocycles. The molecule has 0 aliphatic carbocycles. The summed E-state index contributed by atoms with van der Waals surface area (Å²) in [6.45, 7) is 3.76. The van der Waals surface area contributed by atoms with Crippen LogP contribution < -0.4 is 10.5 Å². The minimum absolute atomic E-state index is 0.226. The van der Waals surface area contributed by atoms with E-state index in [9.17, 15) is 4.39 Å². The van der Waals surface area contributed by atoms with E-state index in [0.717, 1.165) is 15.6 Å². The van der Waals surface area contributed by atoms with Gasteiger partial charge in [-0.15, -0.1) is 0 Å². The summed E-state index contributed by atoms with van der Waals surface area (Å²) in [4.78, 5) is 0. The van der Waals surface area contributed by atoms with E-state index >= 15 is 0 Å². The van der Waals surface area contributed by atoms with Gasteiger partial charge in [-0.1, -0.05) is 40.2 Å². The van der Waals surface area contributed by atoms with Crippen molar-refractivity contribution in [3.8, 4) is 5.75 Å². The highest BCUT2D eigenvalue weighted by molar-refractivity contribution is 9.10. The number of hydrogen-bond acceptors (Lipinski definition) is 2. The van der Waals surface area contributed by atoms with Crippen molar-refractivity contribution in [2.45, 2.75) is 26.0 Å². The summed E-state index contributed by atoms with van der Waals surface area (Å²) in [5.41, 5.74) is 7.86. The number of nitrogens with two attached hydrogens (primary N) is 1. The fourth-order valence-corrected chi connectivity index (χ4v) is 2.51. The number of benzene rings is 2. The summed E-state index contributed by atoms with van der Waals surface area (Å²) < 4.78 is 20.2. The molecule has 0 bridgehead atoms. The Kier molecular flexibility index (Phi) is 4.78. The standard InChI is InChI=1S/C16H17BrFNO/c1-10-7-8-12(18)9-15(10)20-16(11(2)19)13-5-3-4-6-14(13)17/h3-9,11,16H,19H2,1-2H3. The molecule has 2 atom stereocenters. The van der Waals surface area contributed by atoms with E-state index in [2.05, 4.69) is 15.9 Å². The third kappa shape index (κ3) is 3.38. The third-order valence-corrected chi connectivity index (χ3v) is 3.82. The molecular formula is C16H17BrFNO. The molecule has 2 rings (SSSR count). The van der Waals surface area contributed by atoms with Crippen molar-refractivity contribution in [3.63, 3.8) is 0 Å². The zero-order chi connectivity index (χ0) is 14.7. The summed E-state index contributed by atoms with van der Waals surface area (Å²) in [6, 6.07) is 12.0. The van der Waals surface area contributed by atoms with Gasteiger partial charge < -0.3 is 10.5 Å². The van der Waals surface area contributed by atoms with Crippen LogP contribution in [-0.4, -0.2) is 6.04 Å². The predicted molar refractivity (Wildman–Crippen MR) is 82.3 cm³/mol. The van der Waals surface area contributed by atoms with Gasteiger partial charge in [-0.25, -0.2) is 4.39 Å². The Hall–Kier alpha value is -1.39. The first kappa shape index (κ1) is 15.0. The van der Waals surface area contributed by atoms with Crippen LogP contribution in [0.15, 0.2) is 46.9 Å². The van der Waals surface area contributed by atoms with Gasteiger partial charge >= 0.3 is 0 Å². The molecule has 0 aromatic heterocycles. The summed E-state index contributed by atoms with van der Waals surface area (Å²) in [6.07, 6.45) is -0.342. The fourth-order valence-electron chi connectivity index (χ4n) is 2.00. The molecule has 0 heterocycles. The van der Waals surface area contributed by atoms with Gasteiger partial charge in [-0.3, -0.25) is 0 Å². The SMILES string of the molecule is Cc1ccc(F)cc1OC(c1ccccc1Br)C(C)N. The minimum atomic E-state index is -0.342. The van der Waals surface area contributed by atoms with Gasteiger partial charge in [0.15, 0.2) is 0 Å². The van der Waals surface area contributed by atoms with Crippen molar-refractivity contribution < 1.29 is 9.13 Å². The summed E-state index contributed by atoms with van der Waals surface area (Å²) >= 11 is 3.50. The maximum absolute atomic E-state index is 13.4. The Morgan fingerprint density at radius 3 is 2.55 bits per heavy atom. The molecule has 2 aromatic rings. The van der Waals surface area contributed by atoms with Crippen molar-refractivity contribution in [2.75, 3.05) is 0 Å². The normalized spacial score (nSPS) is 13.8. The molecule has 0 saturated carbocycles. The lowest BCUT2D eigenvalue weighted by molar-refractivity contribution is 0.178. The van der Waals surface area contributed by atoms with Crippen LogP contribution in [0.4, 0.5) is 4.39 Å². The predicted octanol–water partition coefficient (Wildman–Crippen LogP) is 4.36. The van der Waals surface area contributed by atoms with Crippen molar-refractivity contribution in [1.82, 2.24) is 0 Å². The van der Waals surface area contributed by atoms with E-state index < -0.39 is 0 Å². The van der Waals surface area contributed by atoms with Gasteiger partial charge in [0.05, 0.1) is 0 Å². The minimum Gasteiger partial charge on any atom is -0.484 e. The molecule has 0 amide bonds. The van der Waals surface area contributed by atoms with E-state index in [1.165, 1.54) is 12.1 Å². The monoisotopic (exact) mass is 337 g/mol. The second-order valence-corrected chi connectivity index (χ2v) is 5.68. The summed E-state index contributed by atoms with van der Waals surface area (Å²) in [5, 5.41) is 0. The first-order valence-corrected chi connectivity index (χ1v) is 7.21. The molecule has 2 aromatic carbocycles. The molecule has 0 aliphatic rings. The fraction of sp³-hybridized carbons (Fsp3) is 0.250. The van der Waals surface area contributed by atoms with Crippen LogP contribution in [0.25, 0.3) is 0 Å². The van der Waals surface area contributed by atoms with Gasteiger partial charge in [-0.2, -0.15) is 0 Å². The topological polar surface area (TPSA) is 35.2 Å². The van der Waals surface area contributed by atoms with Gasteiger partial charge in [0.1, 0.15) is 17.7 Å². The molecule has 0 spiro atoms. The Morgan fingerprint density at radius 2 is 1.90 bits per heavy atom. The number of halogens is 2. The average Bonchev–Trinajstić information content (AvgIpc) is 2.40. The van der Waals surface area contributed by atoms with Gasteiger partial charge in [0, 0.05) is 22.1 Å². The van der Waals surface area contributed by atoms with Crippen molar-refractivity contribution in [3.05, 3.63) is 63.9 Å². The van der Waals surface area contributed by atoms with Crippen molar-refractivity contribution >= 4 is 15.9 Å². The van der Waals surface area contributed by atoms with E-state index in [-0.39, 0.29) is 18.0 Å². The zero-order valence-electron chi connectivity index (χ0n) is 11.4. The van der Waals surface area contributed by atoms with Crippen LogP contribution in [0.3, 0.4) is 0 Å². The molecule has 20 heavy (non-hydrogen) atoms. The van der Waals surface area contributed by atoms with Crippen LogP contribution in [0.5, 0.6) is 5.75 Å². The lowest BCUT2D eigenvalue weighted by atomic mass is 10.0. The molecule has 4 heteroatoms. The highest BCUT2D eigenvalue weighted by atomic mass is 79.9. The van der Waals surface area contributed by atoms with Crippen LogP contribution in [0.1, 0.15) is 24.2 Å². The van der Waals surface area contributed by atoms with Gasteiger partial charge in [0.2, 0.25) is 0 Å². The van der Waals surface area contributed by atoms with E-state index in [1.807, 2.05) is 38.1 Å². The number of ether oxygens (including phenoxy) is 1. The Balaban J connectivity index is 2.36. The molecule has 0 fully saturated rings. The second kappa shape index (κ2) is 6.37.